The van der Waals surface area contributed by atoms with E-state index in [2.05, 4.69) is 27.7 Å². The molecular formula is C15H19N3OS2. The number of aryl methyl sites for hydroxylation is 2. The van der Waals surface area contributed by atoms with Gasteiger partial charge in [-0.2, -0.15) is 16.9 Å². The predicted molar refractivity (Wildman–Crippen MR) is 88.1 cm³/mol. The second kappa shape index (κ2) is 6.23. The predicted octanol–water partition coefficient (Wildman–Crippen LogP) is 3.41. The molecule has 4 nitrogen and oxygen atoms in total. The molecule has 1 aliphatic rings. The van der Waals surface area contributed by atoms with Gasteiger partial charge in [0.05, 0.1) is 11.3 Å². The van der Waals surface area contributed by atoms with Crippen LogP contribution in [-0.2, 0) is 0 Å². The number of rotatable bonds is 2. The van der Waals surface area contributed by atoms with Crippen LogP contribution in [0.5, 0.6) is 0 Å². The lowest BCUT2D eigenvalue weighted by atomic mass is 10.1. The summed E-state index contributed by atoms with van der Waals surface area (Å²) in [6.07, 6.45) is 1.02. The van der Waals surface area contributed by atoms with Crippen LogP contribution in [0, 0.1) is 13.8 Å². The van der Waals surface area contributed by atoms with Crippen molar-refractivity contribution in [3.63, 3.8) is 0 Å². The normalized spacial score (nSPS) is 19.5. The summed E-state index contributed by atoms with van der Waals surface area (Å²) in [6, 6.07) is 4.30. The van der Waals surface area contributed by atoms with Gasteiger partial charge in [-0.15, -0.1) is 11.3 Å². The number of aromatic amines is 1. The van der Waals surface area contributed by atoms with Crippen LogP contribution in [0.25, 0.3) is 0 Å². The van der Waals surface area contributed by atoms with Gasteiger partial charge in [0.25, 0.3) is 5.91 Å². The van der Waals surface area contributed by atoms with Gasteiger partial charge in [0, 0.05) is 34.7 Å². The lowest BCUT2D eigenvalue weighted by Gasteiger charge is -2.20. The van der Waals surface area contributed by atoms with Gasteiger partial charge < -0.3 is 4.90 Å². The van der Waals surface area contributed by atoms with Crippen LogP contribution in [0.3, 0.4) is 0 Å². The van der Waals surface area contributed by atoms with Crippen molar-refractivity contribution in [3.8, 4) is 0 Å². The number of carbonyl (C=O) groups is 1. The van der Waals surface area contributed by atoms with Gasteiger partial charge in [-0.3, -0.25) is 9.89 Å². The highest BCUT2D eigenvalue weighted by Crippen LogP contribution is 2.37. The summed E-state index contributed by atoms with van der Waals surface area (Å²) in [7, 11) is 0. The summed E-state index contributed by atoms with van der Waals surface area (Å²) < 4.78 is 0. The minimum Gasteiger partial charge on any atom is -0.338 e. The smallest absolute Gasteiger partial charge is 0.257 e. The number of hydrogen-bond acceptors (Lipinski definition) is 4. The number of nitrogens with one attached hydrogen (secondary N) is 1. The molecule has 3 rings (SSSR count). The molecule has 1 aliphatic heterocycles. The molecule has 1 amide bonds. The molecule has 0 aliphatic carbocycles. The van der Waals surface area contributed by atoms with E-state index in [4.69, 9.17) is 0 Å². The van der Waals surface area contributed by atoms with Gasteiger partial charge in [0.2, 0.25) is 0 Å². The maximum atomic E-state index is 12.7. The first-order chi connectivity index (χ1) is 10.2. The van der Waals surface area contributed by atoms with Crippen molar-refractivity contribution in [1.82, 2.24) is 15.1 Å². The molecule has 112 valence electrons. The molecule has 0 aromatic carbocycles. The molecule has 1 saturated heterocycles. The molecule has 0 saturated carbocycles. The fraction of sp³-hybridized carbons (Fsp3) is 0.467. The van der Waals surface area contributed by atoms with Crippen molar-refractivity contribution < 1.29 is 4.79 Å². The minimum atomic E-state index is 0.117. The lowest BCUT2D eigenvalue weighted by Crippen LogP contribution is -2.33. The summed E-state index contributed by atoms with van der Waals surface area (Å²) in [6.45, 7) is 5.43. The largest absolute Gasteiger partial charge is 0.338 e. The first-order valence-corrected chi connectivity index (χ1v) is 9.05. The minimum absolute atomic E-state index is 0.117. The van der Waals surface area contributed by atoms with Gasteiger partial charge >= 0.3 is 0 Å². The van der Waals surface area contributed by atoms with Crippen molar-refractivity contribution in [3.05, 3.63) is 39.3 Å². The third kappa shape index (κ3) is 3.01. The summed E-state index contributed by atoms with van der Waals surface area (Å²) >= 11 is 3.77. The highest BCUT2D eigenvalue weighted by Gasteiger charge is 2.26. The zero-order valence-corrected chi connectivity index (χ0v) is 13.9. The first-order valence-electron chi connectivity index (χ1n) is 7.12. The van der Waals surface area contributed by atoms with Crippen molar-refractivity contribution in [2.45, 2.75) is 25.5 Å². The molecule has 1 N–H and O–H groups in total. The number of aromatic nitrogens is 2. The Bertz CT molecular complexity index is 601. The Morgan fingerprint density at radius 1 is 1.43 bits per heavy atom. The van der Waals surface area contributed by atoms with Crippen molar-refractivity contribution in [2.24, 2.45) is 0 Å². The molecule has 0 radical (unpaired) electrons. The Hall–Kier alpha value is -1.27. The van der Waals surface area contributed by atoms with Gasteiger partial charge in [-0.25, -0.2) is 0 Å². The van der Waals surface area contributed by atoms with Crippen LogP contribution >= 0.6 is 23.1 Å². The van der Waals surface area contributed by atoms with E-state index in [0.717, 1.165) is 42.2 Å². The molecule has 0 bridgehead atoms. The van der Waals surface area contributed by atoms with Crippen LogP contribution in [0.1, 0.15) is 38.3 Å². The highest BCUT2D eigenvalue weighted by atomic mass is 32.2. The standard InChI is InChI=1S/C15H19N3OS2/c1-10-14(11(2)17-16-10)15(19)18-6-5-13(21-9-7-18)12-4-3-8-20-12/h3-4,8,13H,5-7,9H2,1-2H3,(H,16,17)/t13-/m1/s1. The molecule has 0 unspecified atom stereocenters. The summed E-state index contributed by atoms with van der Waals surface area (Å²) in [5.41, 5.74) is 2.41. The van der Waals surface area contributed by atoms with Crippen LogP contribution in [0.2, 0.25) is 0 Å². The molecule has 3 heterocycles. The van der Waals surface area contributed by atoms with Crippen LogP contribution < -0.4 is 0 Å². The van der Waals surface area contributed by atoms with Crippen molar-refractivity contribution >= 4 is 29.0 Å². The number of carbonyl (C=O) groups excluding carboxylic acids is 1. The summed E-state index contributed by atoms with van der Waals surface area (Å²) in [5.74, 6) is 1.11. The fourth-order valence-electron chi connectivity index (χ4n) is 2.70. The van der Waals surface area contributed by atoms with Crippen LogP contribution in [0.4, 0.5) is 0 Å². The number of H-pyrrole nitrogens is 1. The molecule has 2 aromatic rings. The molecule has 1 atom stereocenters. The van der Waals surface area contributed by atoms with E-state index < -0.39 is 0 Å². The molecule has 1 fully saturated rings. The van der Waals surface area contributed by atoms with Gasteiger partial charge in [0.15, 0.2) is 0 Å². The van der Waals surface area contributed by atoms with Crippen LogP contribution in [0.15, 0.2) is 17.5 Å². The molecule has 21 heavy (non-hydrogen) atoms. The quantitative estimate of drug-likeness (QED) is 0.922. The average Bonchev–Trinajstić information content (AvgIpc) is 3.03. The van der Waals surface area contributed by atoms with Gasteiger partial charge in [0.1, 0.15) is 0 Å². The van der Waals surface area contributed by atoms with Crippen molar-refractivity contribution in [2.75, 3.05) is 18.8 Å². The van der Waals surface area contributed by atoms with Crippen LogP contribution in [-0.4, -0.2) is 39.8 Å². The zero-order chi connectivity index (χ0) is 14.8. The van der Waals surface area contributed by atoms with E-state index in [0.29, 0.717) is 5.25 Å². The number of thiophene rings is 1. The van der Waals surface area contributed by atoms with E-state index >= 15 is 0 Å². The SMILES string of the molecule is Cc1n[nH]c(C)c1C(=O)N1CCS[C@@H](c2cccs2)CC1. The Morgan fingerprint density at radius 2 is 2.29 bits per heavy atom. The summed E-state index contributed by atoms with van der Waals surface area (Å²) in [5, 5.41) is 9.69. The van der Waals surface area contributed by atoms with E-state index in [-0.39, 0.29) is 5.91 Å². The zero-order valence-electron chi connectivity index (χ0n) is 12.3. The van der Waals surface area contributed by atoms with E-state index in [1.807, 2.05) is 41.8 Å². The second-order valence-corrected chi connectivity index (χ2v) is 7.55. The van der Waals surface area contributed by atoms with E-state index in [1.165, 1.54) is 4.88 Å². The molecule has 0 spiro atoms. The first kappa shape index (κ1) is 14.7. The maximum absolute atomic E-state index is 12.7. The number of nitrogens with zero attached hydrogens (tertiary/aromatic N) is 2. The fourth-order valence-corrected chi connectivity index (χ4v) is 4.94. The number of amides is 1. The Morgan fingerprint density at radius 3 is 2.95 bits per heavy atom. The second-order valence-electron chi connectivity index (χ2n) is 5.26. The lowest BCUT2D eigenvalue weighted by molar-refractivity contribution is 0.0765. The topological polar surface area (TPSA) is 49.0 Å². The Labute approximate surface area is 132 Å². The third-order valence-electron chi connectivity index (χ3n) is 3.83. The number of thioether (sulfide) groups is 1. The highest BCUT2D eigenvalue weighted by molar-refractivity contribution is 7.99. The monoisotopic (exact) mass is 321 g/mol. The Kier molecular flexibility index (Phi) is 4.35. The van der Waals surface area contributed by atoms with Gasteiger partial charge in [-0.1, -0.05) is 6.07 Å². The van der Waals surface area contributed by atoms with Crippen molar-refractivity contribution in [1.29, 1.82) is 0 Å². The van der Waals surface area contributed by atoms with E-state index in [9.17, 15) is 4.79 Å². The van der Waals surface area contributed by atoms with E-state index in [1.54, 1.807) is 0 Å². The number of hydrogen-bond donors (Lipinski definition) is 1. The maximum Gasteiger partial charge on any atom is 0.257 e. The Balaban J connectivity index is 1.72. The molecule has 6 heteroatoms. The van der Waals surface area contributed by atoms with Gasteiger partial charge in [-0.05, 0) is 31.7 Å². The third-order valence-corrected chi connectivity index (χ3v) is 6.28. The molecular weight excluding hydrogens is 302 g/mol. The molecule has 2 aromatic heterocycles. The summed E-state index contributed by atoms with van der Waals surface area (Å²) in [4.78, 5) is 16.1. The average molecular weight is 321 g/mol.